The summed E-state index contributed by atoms with van der Waals surface area (Å²) in [6.07, 6.45) is 15.0. The summed E-state index contributed by atoms with van der Waals surface area (Å²) in [5.41, 5.74) is 5.42. The lowest BCUT2D eigenvalue weighted by atomic mass is 10.00. The molecule has 1 aliphatic rings. The smallest absolute Gasteiger partial charge is 0.282 e. The van der Waals surface area contributed by atoms with Gasteiger partial charge in [-0.2, -0.15) is 0 Å². The van der Waals surface area contributed by atoms with Crippen LogP contribution in [0.5, 0.6) is 5.75 Å². The SMILES string of the molecule is CCS(=O)(=O)NC(=O)c1c(-c2ccc[nH]c2=O)c2c3occc3ccc2n1Cc1ccccc1F.CCc1coc2c1ccc1c2c(-c2ccc[nH]c2=O)c(C(=O)NS(C)(=O)=O)n1Cc1cc(F)ccc1F.CCc1coc2c1ccc1c2c(-c2ccc[nH]c2=O)c(C(=O)NS(C)(=O)=O)n1Cc1ccccc1F.CS(=O)(=O)NC(=O)c1c(-c2ccc[nH]c2=O)c2c3c(ccc2n1Cc1ccccc1F)CCO3. The van der Waals surface area contributed by atoms with Gasteiger partial charge in [-0.15, -0.1) is 0 Å². The molecule has 0 radical (unpaired) electrons. The van der Waals surface area contributed by atoms with E-state index < -0.39 is 115 Å². The molecular weight excluding hydrogens is 1920 g/mol. The second kappa shape index (κ2) is 39.0. The molecule has 8 N–H and O–H groups in total. The number of aromatic amines is 4. The number of rotatable bonds is 23. The highest BCUT2D eigenvalue weighted by atomic mass is 32.2. The van der Waals surface area contributed by atoms with E-state index in [0.717, 1.165) is 69.8 Å². The molecule has 0 saturated heterocycles. The molecule has 0 bridgehead atoms. The number of H-pyrrole nitrogens is 4. The zero-order chi connectivity index (χ0) is 101. The third-order valence-corrected chi connectivity index (χ3v) is 26.8. The quantitative estimate of drug-likeness (QED) is 0.0276. The number of furan rings is 3. The van der Waals surface area contributed by atoms with E-state index in [2.05, 4.69) is 24.7 Å². The van der Waals surface area contributed by atoms with Crippen molar-refractivity contribution in [1.82, 2.24) is 57.1 Å². The molecule has 12 heterocycles. The van der Waals surface area contributed by atoms with E-state index in [4.69, 9.17) is 18.0 Å². The van der Waals surface area contributed by atoms with Crippen LogP contribution in [0.4, 0.5) is 22.0 Å². The Morgan fingerprint density at radius 2 is 0.711 bits per heavy atom. The average molecular weight is 2010 g/mol. The fourth-order valence-electron chi connectivity index (χ4n) is 17.7. The van der Waals surface area contributed by atoms with Gasteiger partial charge in [0, 0.05) is 91.9 Å². The Labute approximate surface area is 802 Å². The van der Waals surface area contributed by atoms with Crippen LogP contribution in [0, 0.1) is 29.1 Å². The predicted octanol–water partition coefficient (Wildman–Crippen LogP) is 15.3. The molecule has 4 amide bonds. The first-order chi connectivity index (χ1) is 67.8. The van der Waals surface area contributed by atoms with Gasteiger partial charge in [-0.1, -0.05) is 74.5 Å². The summed E-state index contributed by atoms with van der Waals surface area (Å²) in [7, 11) is -15.8. The van der Waals surface area contributed by atoms with Crippen molar-refractivity contribution in [3.63, 3.8) is 0 Å². The number of carbonyl (C=O) groups is 4. The van der Waals surface area contributed by atoms with E-state index in [9.17, 15) is 94.0 Å². The van der Waals surface area contributed by atoms with Gasteiger partial charge in [-0.25, -0.2) is 74.5 Å². The standard InChI is InChI=1S/C26H21F2N3O5S.C26H22FN3O5S.C25H20FN3O5S.C24H20FN3O5S/c1-3-14-13-36-24-17(14)7-9-20-22(24)21(18-5-4-10-29-25(18)32)23(26(33)30-37(2,34)35)31(20)12-15-11-16(27)6-8-19(15)28;1-3-15-14-35-24-17(15)10-11-20-22(24)21(18-8-6-12-28-25(18)31)23(26(32)29-36(2,33)34)30(20)13-16-7-4-5-9-19(16)27;1-2-35(32,33)28-25(31)22-20(17-7-5-12-27-24(17)30)21-19(10-9-15-11-13-34-23(15)21)29(22)14-16-6-3-4-8-18(16)26;1-34(31,32)27-24(30)21-19(16-6-4-11-26-23(16)29)20-18(9-8-14-10-12-33-22(14)20)28(21)13-15-5-2-3-7-17(15)25/h4-11,13H,3,12H2,1-2H3,(H,29,32)(H,30,33);4-12,14H,3,13H2,1-2H3,(H,28,31)(H,29,32);3-13H,2,14H2,1H3,(H,27,30)(H,28,31);2-9,11H,10,12-13H2,1H3,(H,26,29)(H,27,30). The Balaban J connectivity index is 0.000000130. The summed E-state index contributed by atoms with van der Waals surface area (Å²) in [5, 5.41) is 4.04. The highest BCUT2D eigenvalue weighted by Gasteiger charge is 2.37. The number of nitrogens with one attached hydrogen (secondary N) is 8. The molecule has 32 nitrogen and oxygen atoms in total. The number of aryl methyl sites for hydroxylation is 2. The maximum absolute atomic E-state index is 14.7. The Morgan fingerprint density at radius 1 is 0.366 bits per heavy atom. The average Bonchev–Trinajstić information content (AvgIpc) is 1.56. The van der Waals surface area contributed by atoms with Crippen LogP contribution in [0.2, 0.25) is 0 Å². The van der Waals surface area contributed by atoms with Crippen LogP contribution in [0.1, 0.15) is 102 Å². The number of ether oxygens (including phenoxy) is 1. The molecule has 19 aromatic rings. The van der Waals surface area contributed by atoms with Crippen LogP contribution >= 0.6 is 0 Å². The van der Waals surface area contributed by atoms with E-state index in [1.165, 1.54) is 86.6 Å². The van der Waals surface area contributed by atoms with Gasteiger partial charge >= 0.3 is 0 Å². The topological polar surface area (TPSA) is 453 Å². The highest BCUT2D eigenvalue weighted by Crippen LogP contribution is 2.47. The number of amides is 4. The minimum atomic E-state index is -4.02. The first kappa shape index (κ1) is 97.1. The van der Waals surface area contributed by atoms with E-state index in [1.54, 1.807) is 146 Å². The van der Waals surface area contributed by atoms with E-state index in [1.807, 2.05) is 40.1 Å². The molecule has 11 aromatic heterocycles. The molecule has 142 heavy (non-hydrogen) atoms. The van der Waals surface area contributed by atoms with Gasteiger partial charge in [-0.05, 0) is 170 Å². The van der Waals surface area contributed by atoms with E-state index in [-0.39, 0.29) is 116 Å². The van der Waals surface area contributed by atoms with Crippen LogP contribution in [0.15, 0.2) is 270 Å². The first-order valence-electron chi connectivity index (χ1n) is 43.7. The maximum Gasteiger partial charge on any atom is 0.282 e. The van der Waals surface area contributed by atoms with E-state index >= 15 is 0 Å². The fraction of sp³-hybridized carbons (Fsp3) is 0.149. The van der Waals surface area contributed by atoms with Crippen LogP contribution < -0.4 is 45.9 Å². The zero-order valence-corrected chi connectivity index (χ0v) is 79.1. The van der Waals surface area contributed by atoms with Crippen LogP contribution in [0.25, 0.3) is 121 Å². The third-order valence-electron chi connectivity index (χ3n) is 23.9. The van der Waals surface area contributed by atoms with Gasteiger partial charge in [0.25, 0.3) is 45.9 Å². The van der Waals surface area contributed by atoms with Crippen LogP contribution in [-0.2, 0) is 85.5 Å². The summed E-state index contributed by atoms with van der Waals surface area (Å²) < 4.78 is 207. The number of fused-ring (bicyclic) bond motifs is 12. The van der Waals surface area contributed by atoms with Crippen LogP contribution in [-0.4, -0.2) is 127 Å². The molecule has 0 fully saturated rings. The van der Waals surface area contributed by atoms with Crippen molar-refractivity contribution in [3.05, 3.63) is 370 Å². The Bertz CT molecular complexity index is 9160. The normalized spacial score (nSPS) is 12.1. The number of carbonyl (C=O) groups excluding carboxylic acids is 4. The summed E-state index contributed by atoms with van der Waals surface area (Å²) in [5.74, 6) is -6.50. The second-order valence-corrected chi connectivity index (χ2v) is 40.3. The summed E-state index contributed by atoms with van der Waals surface area (Å²) in [4.78, 5) is 116. The van der Waals surface area contributed by atoms with Crippen molar-refractivity contribution in [2.45, 2.75) is 66.2 Å². The number of pyridine rings is 4. The number of nitrogens with zero attached hydrogens (tertiary/aromatic N) is 4. The molecule has 0 aliphatic carbocycles. The number of halogens is 5. The molecular formula is C101H83F5N12O20S4. The number of hydrogen-bond donors (Lipinski definition) is 8. The molecule has 0 spiro atoms. The van der Waals surface area contributed by atoms with Crippen molar-refractivity contribution in [2.75, 3.05) is 31.1 Å². The summed E-state index contributed by atoms with van der Waals surface area (Å²) >= 11 is 0. The second-order valence-electron chi connectivity index (χ2n) is 33.1. The van der Waals surface area contributed by atoms with Crippen molar-refractivity contribution < 1.29 is 92.8 Å². The molecule has 0 saturated carbocycles. The Kier molecular flexibility index (Phi) is 26.7. The van der Waals surface area contributed by atoms with Gasteiger partial charge < -0.3 is 56.2 Å². The van der Waals surface area contributed by atoms with Gasteiger partial charge in [-0.3, -0.25) is 38.4 Å². The third kappa shape index (κ3) is 19.2. The number of aromatic nitrogens is 8. The van der Waals surface area contributed by atoms with Gasteiger partial charge in [0.15, 0.2) is 0 Å². The van der Waals surface area contributed by atoms with Crippen molar-refractivity contribution in [3.8, 4) is 50.3 Å². The Morgan fingerprint density at radius 3 is 1.08 bits per heavy atom. The molecule has 0 unspecified atom stereocenters. The largest absolute Gasteiger partial charge is 0.492 e. The zero-order valence-electron chi connectivity index (χ0n) is 75.9. The summed E-state index contributed by atoms with van der Waals surface area (Å²) in [6, 6.07) is 49.7. The van der Waals surface area contributed by atoms with E-state index in [0.29, 0.717) is 97.5 Å². The predicted molar refractivity (Wildman–Crippen MR) is 525 cm³/mol. The molecule has 1 aliphatic heterocycles. The molecule has 0 atom stereocenters. The molecule has 726 valence electrons. The molecule has 41 heteroatoms. The molecule has 20 rings (SSSR count). The first-order valence-corrected chi connectivity index (χ1v) is 51.1. The van der Waals surface area contributed by atoms with Crippen molar-refractivity contribution in [1.29, 1.82) is 0 Å². The lowest BCUT2D eigenvalue weighted by Crippen LogP contribution is -2.33. The van der Waals surface area contributed by atoms with Gasteiger partial charge in [0.05, 0.1) is 142 Å². The minimum absolute atomic E-state index is 0.0702. The monoisotopic (exact) mass is 2010 g/mol. The van der Waals surface area contributed by atoms with Crippen molar-refractivity contribution >= 4 is 140 Å². The van der Waals surface area contributed by atoms with Crippen molar-refractivity contribution in [2.24, 2.45) is 0 Å². The number of benzene rings is 8. The van der Waals surface area contributed by atoms with Gasteiger partial charge in [0.1, 0.15) is 74.4 Å². The molecule has 8 aromatic carbocycles. The Hall–Kier alpha value is -16.5. The number of sulfonamides is 4. The highest BCUT2D eigenvalue weighted by molar-refractivity contribution is 7.90. The van der Waals surface area contributed by atoms with Crippen LogP contribution in [0.3, 0.4) is 0 Å². The lowest BCUT2D eigenvalue weighted by Gasteiger charge is -2.13. The number of hydrogen-bond acceptors (Lipinski definition) is 20. The minimum Gasteiger partial charge on any atom is -0.492 e. The fourth-order valence-corrected chi connectivity index (χ4v) is 19.5. The maximum atomic E-state index is 14.7. The van der Waals surface area contributed by atoms with Gasteiger partial charge in [0.2, 0.25) is 40.1 Å². The lowest BCUT2D eigenvalue weighted by molar-refractivity contribution is 0.0965. The summed E-state index contributed by atoms with van der Waals surface area (Å²) in [6.45, 7) is 5.18.